The van der Waals surface area contributed by atoms with Gasteiger partial charge in [0.05, 0.1) is 6.61 Å². The molecule has 2 aromatic rings. The van der Waals surface area contributed by atoms with Gasteiger partial charge in [-0.1, -0.05) is 25.4 Å². The maximum absolute atomic E-state index is 5.82. The molecule has 15 heavy (non-hydrogen) atoms. The summed E-state index contributed by atoms with van der Waals surface area (Å²) in [5, 5.41) is 4.35. The molecule has 6 heteroatoms. The van der Waals surface area contributed by atoms with Crippen LogP contribution >= 0.6 is 11.6 Å². The van der Waals surface area contributed by atoms with Crippen molar-refractivity contribution in [3.63, 3.8) is 0 Å². The molecule has 2 heterocycles. The normalized spacial score (nSPS) is 11.2. The second-order valence-electron chi connectivity index (χ2n) is 3.59. The maximum Gasteiger partial charge on any atom is 0.256 e. The molecule has 0 amide bonds. The van der Waals surface area contributed by atoms with E-state index in [9.17, 15) is 0 Å². The van der Waals surface area contributed by atoms with E-state index in [-0.39, 0.29) is 0 Å². The number of halogens is 1. The number of aromatic nitrogens is 4. The fourth-order valence-electron chi connectivity index (χ4n) is 1.11. The van der Waals surface area contributed by atoms with E-state index in [0.717, 1.165) is 0 Å². The molecule has 0 radical (unpaired) electrons. The molecule has 0 unspecified atom stereocenters. The standard InChI is InChI=1S/C9H11ClN4O/c1-6(2)4-15-8-3-7(10)13-9-11-5-12-14(8)9/h3,5-6H,4H2,1-2H3. The molecule has 0 fully saturated rings. The summed E-state index contributed by atoms with van der Waals surface area (Å²) >= 11 is 5.82. The second kappa shape index (κ2) is 4.02. The maximum atomic E-state index is 5.82. The molecule has 5 nitrogen and oxygen atoms in total. The number of nitrogens with zero attached hydrogens (tertiary/aromatic N) is 4. The molecular formula is C9H11ClN4O. The van der Waals surface area contributed by atoms with Crippen molar-refractivity contribution in [1.29, 1.82) is 0 Å². The van der Waals surface area contributed by atoms with Gasteiger partial charge in [0.2, 0.25) is 5.88 Å². The van der Waals surface area contributed by atoms with Gasteiger partial charge in [0.25, 0.3) is 5.78 Å². The van der Waals surface area contributed by atoms with Crippen LogP contribution < -0.4 is 4.74 Å². The highest BCUT2D eigenvalue weighted by atomic mass is 35.5. The van der Waals surface area contributed by atoms with E-state index in [1.165, 1.54) is 10.8 Å². The van der Waals surface area contributed by atoms with Gasteiger partial charge in [-0.25, -0.2) is 0 Å². The van der Waals surface area contributed by atoms with Gasteiger partial charge in [-0.2, -0.15) is 19.6 Å². The van der Waals surface area contributed by atoms with Crippen LogP contribution in [0.1, 0.15) is 13.8 Å². The summed E-state index contributed by atoms with van der Waals surface area (Å²) in [5.41, 5.74) is 0. The summed E-state index contributed by atoms with van der Waals surface area (Å²) < 4.78 is 7.08. The SMILES string of the molecule is CC(C)COc1cc(Cl)nc2ncnn12. The van der Waals surface area contributed by atoms with Crippen molar-refractivity contribution in [2.24, 2.45) is 5.92 Å². The molecular weight excluding hydrogens is 216 g/mol. The first-order chi connectivity index (χ1) is 7.16. The Kier molecular flexibility index (Phi) is 2.73. The van der Waals surface area contributed by atoms with Gasteiger partial charge in [-0.05, 0) is 5.92 Å². The summed E-state index contributed by atoms with van der Waals surface area (Å²) in [4.78, 5) is 7.94. The zero-order valence-corrected chi connectivity index (χ0v) is 9.27. The van der Waals surface area contributed by atoms with E-state index in [2.05, 4.69) is 28.9 Å². The van der Waals surface area contributed by atoms with Crippen molar-refractivity contribution >= 4 is 17.4 Å². The quantitative estimate of drug-likeness (QED) is 0.749. The van der Waals surface area contributed by atoms with Crippen LogP contribution in [-0.2, 0) is 0 Å². The summed E-state index contributed by atoms with van der Waals surface area (Å²) in [5.74, 6) is 1.45. The van der Waals surface area contributed by atoms with Crippen LogP contribution in [0.4, 0.5) is 0 Å². The third kappa shape index (κ3) is 2.18. The van der Waals surface area contributed by atoms with Crippen LogP contribution in [0.5, 0.6) is 5.88 Å². The Balaban J connectivity index is 2.35. The molecule has 0 N–H and O–H groups in total. The topological polar surface area (TPSA) is 52.3 Å². The van der Waals surface area contributed by atoms with Crippen molar-refractivity contribution in [1.82, 2.24) is 19.6 Å². The number of hydrogen-bond acceptors (Lipinski definition) is 4. The molecule has 2 rings (SSSR count). The van der Waals surface area contributed by atoms with Gasteiger partial charge in [-0.3, -0.25) is 0 Å². The van der Waals surface area contributed by atoms with Crippen LogP contribution in [0.15, 0.2) is 12.4 Å². The average Bonchev–Trinajstić information content (AvgIpc) is 2.61. The number of hydrogen-bond donors (Lipinski definition) is 0. The highest BCUT2D eigenvalue weighted by Gasteiger charge is 2.07. The zero-order chi connectivity index (χ0) is 10.8. The summed E-state index contributed by atoms with van der Waals surface area (Å²) in [6.07, 6.45) is 1.42. The van der Waals surface area contributed by atoms with E-state index in [4.69, 9.17) is 16.3 Å². The molecule has 0 aromatic carbocycles. The molecule has 0 aliphatic heterocycles. The van der Waals surface area contributed by atoms with Gasteiger partial charge in [0.15, 0.2) is 0 Å². The third-order valence-corrected chi connectivity index (χ3v) is 1.95. The molecule has 2 aromatic heterocycles. The molecule has 0 spiro atoms. The Hall–Kier alpha value is -1.36. The number of rotatable bonds is 3. The van der Waals surface area contributed by atoms with Crippen molar-refractivity contribution in [2.45, 2.75) is 13.8 Å². The molecule has 80 valence electrons. The zero-order valence-electron chi connectivity index (χ0n) is 8.51. The molecule has 0 atom stereocenters. The smallest absolute Gasteiger partial charge is 0.256 e. The minimum absolute atomic E-state index is 0.356. The van der Waals surface area contributed by atoms with Gasteiger partial charge >= 0.3 is 0 Å². The second-order valence-corrected chi connectivity index (χ2v) is 3.98. The molecule has 0 aliphatic rings. The highest BCUT2D eigenvalue weighted by molar-refractivity contribution is 6.29. The lowest BCUT2D eigenvalue weighted by molar-refractivity contribution is 0.255. The van der Waals surface area contributed by atoms with Crippen molar-refractivity contribution < 1.29 is 4.74 Å². The Morgan fingerprint density at radius 3 is 3.07 bits per heavy atom. The van der Waals surface area contributed by atoms with E-state index in [1.807, 2.05) is 0 Å². The highest BCUT2D eigenvalue weighted by Crippen LogP contribution is 2.17. The Bertz CT molecular complexity index is 468. The Morgan fingerprint density at radius 1 is 1.53 bits per heavy atom. The van der Waals surface area contributed by atoms with Crippen LogP contribution in [0.2, 0.25) is 5.15 Å². The van der Waals surface area contributed by atoms with Crippen LogP contribution in [-0.4, -0.2) is 26.2 Å². The monoisotopic (exact) mass is 226 g/mol. The predicted molar refractivity (Wildman–Crippen MR) is 56.1 cm³/mol. The molecule has 0 aliphatic carbocycles. The molecule has 0 saturated carbocycles. The lowest BCUT2D eigenvalue weighted by Gasteiger charge is -2.09. The van der Waals surface area contributed by atoms with Crippen molar-refractivity contribution in [3.05, 3.63) is 17.5 Å². The van der Waals surface area contributed by atoms with Crippen LogP contribution in [0.3, 0.4) is 0 Å². The van der Waals surface area contributed by atoms with Crippen LogP contribution in [0.25, 0.3) is 5.78 Å². The Labute approximate surface area is 92.1 Å². The average molecular weight is 227 g/mol. The first kappa shape index (κ1) is 10.2. The summed E-state index contributed by atoms with van der Waals surface area (Å²) in [6.45, 7) is 4.75. The van der Waals surface area contributed by atoms with Crippen LogP contribution in [0, 0.1) is 5.92 Å². The first-order valence-corrected chi connectivity index (χ1v) is 5.03. The van der Waals surface area contributed by atoms with Gasteiger partial charge in [0.1, 0.15) is 11.5 Å². The van der Waals surface area contributed by atoms with E-state index >= 15 is 0 Å². The predicted octanol–water partition coefficient (Wildman–Crippen LogP) is 1.81. The van der Waals surface area contributed by atoms with Gasteiger partial charge in [0, 0.05) is 6.07 Å². The van der Waals surface area contributed by atoms with Crippen molar-refractivity contribution in [2.75, 3.05) is 6.61 Å². The fraction of sp³-hybridized carbons (Fsp3) is 0.444. The Morgan fingerprint density at radius 2 is 2.33 bits per heavy atom. The molecule has 0 saturated heterocycles. The van der Waals surface area contributed by atoms with Gasteiger partial charge in [-0.15, -0.1) is 0 Å². The number of fused-ring (bicyclic) bond motifs is 1. The minimum atomic E-state index is 0.356. The summed E-state index contributed by atoms with van der Waals surface area (Å²) in [6, 6.07) is 1.63. The van der Waals surface area contributed by atoms with Crippen molar-refractivity contribution in [3.8, 4) is 5.88 Å². The third-order valence-electron chi connectivity index (χ3n) is 1.75. The lowest BCUT2D eigenvalue weighted by Crippen LogP contribution is -2.08. The van der Waals surface area contributed by atoms with E-state index < -0.39 is 0 Å². The lowest BCUT2D eigenvalue weighted by atomic mass is 10.2. The minimum Gasteiger partial charge on any atom is -0.477 e. The fourth-order valence-corrected chi connectivity index (χ4v) is 1.28. The van der Waals surface area contributed by atoms with Gasteiger partial charge < -0.3 is 4.74 Å². The number of ether oxygens (including phenoxy) is 1. The van der Waals surface area contributed by atoms with E-state index in [0.29, 0.717) is 29.3 Å². The first-order valence-electron chi connectivity index (χ1n) is 4.66. The largest absolute Gasteiger partial charge is 0.477 e. The molecule has 0 bridgehead atoms. The summed E-state index contributed by atoms with van der Waals surface area (Å²) in [7, 11) is 0. The van der Waals surface area contributed by atoms with E-state index in [1.54, 1.807) is 6.07 Å².